The van der Waals surface area contributed by atoms with E-state index in [-0.39, 0.29) is 0 Å². The number of carbonyl (C=O) groups is 4. The highest BCUT2D eigenvalue weighted by molar-refractivity contribution is 5.90. The number of pyridine rings is 1. The van der Waals surface area contributed by atoms with Gasteiger partial charge in [0.2, 0.25) is 0 Å². The molecule has 10 nitrogen and oxygen atoms in total. The Kier molecular flexibility index (Phi) is 15.7. The fourth-order valence-electron chi connectivity index (χ4n) is 2.59. The van der Waals surface area contributed by atoms with Crippen LogP contribution in [0.25, 0.3) is 0 Å². The Morgan fingerprint density at radius 3 is 1.66 bits per heavy atom. The molecule has 0 aliphatic heterocycles. The molecule has 0 unspecified atom stereocenters. The van der Waals surface area contributed by atoms with Crippen LogP contribution in [0.15, 0.2) is 67.0 Å². The van der Waals surface area contributed by atoms with Gasteiger partial charge in [0.1, 0.15) is 0 Å². The van der Waals surface area contributed by atoms with Crippen LogP contribution < -0.4 is 5.32 Å². The predicted octanol–water partition coefficient (Wildman–Crippen LogP) is 3.56. The normalized spacial score (nSPS) is 10.0. The molecular weight excluding hydrogens is 456 g/mol. The van der Waals surface area contributed by atoms with E-state index < -0.39 is 23.9 Å². The van der Waals surface area contributed by atoms with E-state index in [2.05, 4.69) is 48.4 Å². The van der Waals surface area contributed by atoms with Crippen molar-refractivity contribution in [3.8, 4) is 0 Å². The first-order valence-corrected chi connectivity index (χ1v) is 10.5. The third-order valence-corrected chi connectivity index (χ3v) is 4.13. The maximum Gasteiger partial charge on any atom is 0.328 e. The van der Waals surface area contributed by atoms with Crippen LogP contribution in [0.5, 0.6) is 0 Å². The van der Waals surface area contributed by atoms with E-state index >= 15 is 0 Å². The Hall–Kier alpha value is -4.47. The fraction of sp³-hybridized carbons (Fsp3) is 0.240. The summed E-state index contributed by atoms with van der Waals surface area (Å²) in [5.41, 5.74) is 5.28. The number of carboxylic acid groups (broad SMARTS) is 4. The summed E-state index contributed by atoms with van der Waals surface area (Å²) >= 11 is 0. The molecule has 0 aliphatic rings. The van der Waals surface area contributed by atoms with E-state index in [1.807, 2.05) is 18.5 Å². The zero-order valence-corrected chi connectivity index (χ0v) is 19.5. The minimum atomic E-state index is -1.26. The molecule has 188 valence electrons. The number of unbranched alkanes of at least 4 members (excludes halogenated alkanes) is 1. The Bertz CT molecular complexity index is 931. The second-order valence-electron chi connectivity index (χ2n) is 7.03. The molecule has 1 heterocycles. The van der Waals surface area contributed by atoms with Gasteiger partial charge in [0.05, 0.1) is 0 Å². The summed E-state index contributed by atoms with van der Waals surface area (Å²) in [6.45, 7) is 5.35. The van der Waals surface area contributed by atoms with Crippen molar-refractivity contribution in [2.75, 3.05) is 11.9 Å². The summed E-state index contributed by atoms with van der Waals surface area (Å²) in [4.78, 5) is 42.4. The minimum absolute atomic E-state index is 0.558. The molecule has 35 heavy (non-hydrogen) atoms. The number of benzene rings is 1. The van der Waals surface area contributed by atoms with Gasteiger partial charge >= 0.3 is 23.9 Å². The van der Waals surface area contributed by atoms with Gasteiger partial charge in [-0.25, -0.2) is 19.2 Å². The molecular formula is C25H30N2O8. The highest BCUT2D eigenvalue weighted by Gasteiger charge is 2.00. The van der Waals surface area contributed by atoms with Crippen molar-refractivity contribution in [2.45, 2.75) is 33.1 Å². The summed E-state index contributed by atoms with van der Waals surface area (Å²) in [7, 11) is 0. The SMILES string of the molecule is Cc1cccc(C)c1NCCCCc1cccnc1.O=C(O)C=CC(=O)O.O=C(O)C=CC(=O)O. The van der Waals surface area contributed by atoms with E-state index in [4.69, 9.17) is 20.4 Å². The quantitative estimate of drug-likeness (QED) is 0.247. The topological polar surface area (TPSA) is 174 Å². The molecule has 0 fully saturated rings. The Morgan fingerprint density at radius 1 is 0.771 bits per heavy atom. The largest absolute Gasteiger partial charge is 0.478 e. The van der Waals surface area contributed by atoms with Crippen molar-refractivity contribution in [3.63, 3.8) is 0 Å². The minimum Gasteiger partial charge on any atom is -0.478 e. The van der Waals surface area contributed by atoms with Gasteiger partial charge in [0.25, 0.3) is 0 Å². The fourth-order valence-corrected chi connectivity index (χ4v) is 2.59. The first kappa shape index (κ1) is 30.5. The third-order valence-electron chi connectivity index (χ3n) is 4.13. The summed E-state index contributed by atoms with van der Waals surface area (Å²) in [5.74, 6) is -5.03. The maximum atomic E-state index is 9.55. The van der Waals surface area contributed by atoms with E-state index in [0.29, 0.717) is 24.3 Å². The highest BCUT2D eigenvalue weighted by atomic mass is 16.4. The number of carboxylic acids is 4. The number of para-hydroxylation sites is 1. The van der Waals surface area contributed by atoms with Crippen molar-refractivity contribution < 1.29 is 39.6 Å². The molecule has 1 aromatic heterocycles. The van der Waals surface area contributed by atoms with Gasteiger partial charge < -0.3 is 25.7 Å². The third kappa shape index (κ3) is 17.7. The highest BCUT2D eigenvalue weighted by Crippen LogP contribution is 2.19. The standard InChI is InChI=1S/C17H22N2.2C4H4O4/c1-14-7-5-8-15(2)17(14)19-12-4-3-9-16-10-6-11-18-13-16;2*5-3(6)1-2-4(7)8/h5-8,10-11,13,19H,3-4,9,12H2,1-2H3;2*1-2H,(H,5,6)(H,7,8). The van der Waals surface area contributed by atoms with E-state index in [1.54, 1.807) is 0 Å². The number of aryl methyl sites for hydroxylation is 3. The number of hydrogen-bond donors (Lipinski definition) is 5. The number of hydrogen-bond acceptors (Lipinski definition) is 6. The lowest BCUT2D eigenvalue weighted by Crippen LogP contribution is -2.05. The number of rotatable bonds is 10. The van der Waals surface area contributed by atoms with E-state index in [9.17, 15) is 19.2 Å². The van der Waals surface area contributed by atoms with Crippen LogP contribution in [0.2, 0.25) is 0 Å². The van der Waals surface area contributed by atoms with Gasteiger partial charge in [-0.3, -0.25) is 4.98 Å². The molecule has 0 saturated heterocycles. The average Bonchev–Trinajstić information content (AvgIpc) is 2.79. The smallest absolute Gasteiger partial charge is 0.328 e. The molecule has 0 amide bonds. The Morgan fingerprint density at radius 2 is 1.26 bits per heavy atom. The Balaban J connectivity index is 0.000000601. The van der Waals surface area contributed by atoms with Crippen molar-refractivity contribution in [2.24, 2.45) is 0 Å². The lowest BCUT2D eigenvalue weighted by Gasteiger charge is -2.12. The molecule has 0 bridgehead atoms. The lowest BCUT2D eigenvalue weighted by atomic mass is 10.1. The van der Waals surface area contributed by atoms with Crippen molar-refractivity contribution in [1.82, 2.24) is 4.98 Å². The van der Waals surface area contributed by atoms with Crippen LogP contribution in [0.4, 0.5) is 5.69 Å². The van der Waals surface area contributed by atoms with Gasteiger partial charge in [-0.2, -0.15) is 0 Å². The van der Waals surface area contributed by atoms with Gasteiger partial charge in [-0.1, -0.05) is 24.3 Å². The van der Waals surface area contributed by atoms with Crippen molar-refractivity contribution in [1.29, 1.82) is 0 Å². The number of nitrogens with zero attached hydrogens (tertiary/aromatic N) is 1. The zero-order chi connectivity index (χ0) is 26.6. The van der Waals surface area contributed by atoms with Crippen LogP contribution in [0.3, 0.4) is 0 Å². The lowest BCUT2D eigenvalue weighted by molar-refractivity contribution is -0.134. The van der Waals surface area contributed by atoms with E-state index in [0.717, 1.165) is 13.0 Å². The second-order valence-corrected chi connectivity index (χ2v) is 7.03. The average molecular weight is 487 g/mol. The molecule has 2 rings (SSSR count). The van der Waals surface area contributed by atoms with Crippen LogP contribution in [0.1, 0.15) is 29.5 Å². The summed E-state index contributed by atoms with van der Waals surface area (Å²) in [6.07, 6.45) is 9.51. The molecule has 2 aromatic rings. The van der Waals surface area contributed by atoms with Crippen LogP contribution in [-0.2, 0) is 25.6 Å². The molecule has 0 radical (unpaired) electrons. The predicted molar refractivity (Wildman–Crippen MR) is 130 cm³/mol. The maximum absolute atomic E-state index is 9.55. The number of aromatic nitrogens is 1. The first-order valence-electron chi connectivity index (χ1n) is 10.5. The van der Waals surface area contributed by atoms with Gasteiger partial charge in [-0.05, 0) is 55.9 Å². The van der Waals surface area contributed by atoms with Crippen molar-refractivity contribution in [3.05, 3.63) is 83.7 Å². The Labute approximate surface area is 203 Å². The number of aliphatic carboxylic acids is 4. The van der Waals surface area contributed by atoms with Gasteiger partial charge in [0, 0.05) is 48.9 Å². The summed E-state index contributed by atoms with van der Waals surface area (Å²) < 4.78 is 0. The molecule has 0 aliphatic carbocycles. The van der Waals surface area contributed by atoms with Gasteiger partial charge in [-0.15, -0.1) is 0 Å². The molecule has 0 atom stereocenters. The van der Waals surface area contributed by atoms with E-state index in [1.165, 1.54) is 35.2 Å². The first-order chi connectivity index (χ1) is 16.5. The van der Waals surface area contributed by atoms with Crippen LogP contribution in [0, 0.1) is 13.8 Å². The second kappa shape index (κ2) is 18.0. The van der Waals surface area contributed by atoms with Crippen molar-refractivity contribution >= 4 is 29.6 Å². The van der Waals surface area contributed by atoms with Crippen LogP contribution in [-0.4, -0.2) is 55.8 Å². The molecule has 5 N–H and O–H groups in total. The molecule has 10 heteroatoms. The monoisotopic (exact) mass is 486 g/mol. The summed E-state index contributed by atoms with van der Waals surface area (Å²) in [5, 5.41) is 34.8. The molecule has 0 spiro atoms. The number of nitrogens with one attached hydrogen (secondary N) is 1. The summed E-state index contributed by atoms with van der Waals surface area (Å²) in [6, 6.07) is 10.6. The zero-order valence-electron chi connectivity index (χ0n) is 19.5. The molecule has 1 aromatic carbocycles. The number of anilines is 1. The van der Waals surface area contributed by atoms with Gasteiger partial charge in [0.15, 0.2) is 0 Å². The molecule has 0 saturated carbocycles. The van der Waals surface area contributed by atoms with Crippen LogP contribution >= 0.6 is 0 Å².